The minimum atomic E-state index is -2.38. The molecular formula is C16H30O9. The third-order valence-corrected chi connectivity index (χ3v) is 2.91. The molecule has 0 aromatic heterocycles. The zero-order valence-corrected chi connectivity index (χ0v) is 15.1. The van der Waals surface area contributed by atoms with Crippen molar-refractivity contribution < 1.29 is 44.3 Å². The second-order valence-electron chi connectivity index (χ2n) is 5.28. The topological polar surface area (TPSA) is 151 Å². The van der Waals surface area contributed by atoms with Crippen LogP contribution in [-0.4, -0.2) is 63.4 Å². The quantitative estimate of drug-likeness (QED) is 0.234. The van der Waals surface area contributed by atoms with Crippen LogP contribution >= 0.6 is 0 Å². The maximum atomic E-state index is 11.4. The Balaban J connectivity index is 0. The van der Waals surface area contributed by atoms with Crippen LogP contribution in [0.25, 0.3) is 0 Å². The Bertz CT molecular complexity index is 395. The molecular weight excluding hydrogens is 336 g/mol. The van der Waals surface area contributed by atoms with Crippen LogP contribution in [0.3, 0.4) is 0 Å². The molecule has 9 nitrogen and oxygen atoms in total. The number of rotatable bonds is 11. The molecule has 4 N–H and O–H groups in total. The van der Waals surface area contributed by atoms with Gasteiger partial charge < -0.3 is 29.9 Å². The zero-order chi connectivity index (χ0) is 19.9. The standard InChI is InChI=1S/C10H16O7.C6H14O2/c1-3-16-8(13)6-10(15,5-7(11)12)9(14)17-4-2;1-2-3-4-5-6(7)8/h15H,3-6H2,1-2H3,(H,11,12);6-8H,2-5H2,1H3. The molecule has 0 aromatic rings. The van der Waals surface area contributed by atoms with Crippen molar-refractivity contribution in [2.24, 2.45) is 0 Å². The Morgan fingerprint density at radius 3 is 1.92 bits per heavy atom. The molecule has 0 aliphatic carbocycles. The van der Waals surface area contributed by atoms with Crippen LogP contribution < -0.4 is 0 Å². The summed E-state index contributed by atoms with van der Waals surface area (Å²) in [6.07, 6.45) is 0.921. The van der Waals surface area contributed by atoms with Gasteiger partial charge in [0.05, 0.1) is 26.1 Å². The van der Waals surface area contributed by atoms with E-state index < -0.39 is 42.6 Å². The fourth-order valence-corrected chi connectivity index (χ4v) is 1.75. The second kappa shape index (κ2) is 14.6. The molecule has 0 aliphatic rings. The summed E-state index contributed by atoms with van der Waals surface area (Å²) in [5, 5.41) is 35.1. The third kappa shape index (κ3) is 14.3. The first-order valence-electron chi connectivity index (χ1n) is 8.26. The fraction of sp³-hybridized carbons (Fsp3) is 0.812. The smallest absolute Gasteiger partial charge is 0.339 e. The summed E-state index contributed by atoms with van der Waals surface area (Å²) >= 11 is 0. The van der Waals surface area contributed by atoms with E-state index in [1.165, 1.54) is 6.92 Å². The fourth-order valence-electron chi connectivity index (χ4n) is 1.75. The van der Waals surface area contributed by atoms with Gasteiger partial charge >= 0.3 is 17.9 Å². The molecule has 0 saturated heterocycles. The minimum Gasteiger partial charge on any atom is -0.481 e. The van der Waals surface area contributed by atoms with Gasteiger partial charge in [-0.15, -0.1) is 0 Å². The maximum absolute atomic E-state index is 11.4. The highest BCUT2D eigenvalue weighted by Crippen LogP contribution is 2.18. The molecule has 9 heteroatoms. The van der Waals surface area contributed by atoms with Gasteiger partial charge in [-0.05, 0) is 26.7 Å². The van der Waals surface area contributed by atoms with Crippen LogP contribution in [0.4, 0.5) is 0 Å². The molecule has 1 unspecified atom stereocenters. The van der Waals surface area contributed by atoms with Crippen molar-refractivity contribution in [1.29, 1.82) is 0 Å². The monoisotopic (exact) mass is 366 g/mol. The number of esters is 2. The highest BCUT2D eigenvalue weighted by atomic mass is 16.6. The number of hydrogen-bond donors (Lipinski definition) is 4. The number of unbranched alkanes of at least 4 members (excludes halogenated alkanes) is 2. The van der Waals surface area contributed by atoms with E-state index in [2.05, 4.69) is 16.4 Å². The zero-order valence-electron chi connectivity index (χ0n) is 15.1. The molecule has 0 bridgehead atoms. The van der Waals surface area contributed by atoms with Gasteiger partial charge in [0.15, 0.2) is 11.9 Å². The van der Waals surface area contributed by atoms with Crippen LogP contribution in [0.5, 0.6) is 0 Å². The summed E-state index contributed by atoms with van der Waals surface area (Å²) in [6, 6.07) is 0. The van der Waals surface area contributed by atoms with E-state index in [-0.39, 0.29) is 13.2 Å². The third-order valence-electron chi connectivity index (χ3n) is 2.91. The van der Waals surface area contributed by atoms with Gasteiger partial charge in [-0.2, -0.15) is 0 Å². The number of carbonyl (C=O) groups is 3. The predicted molar refractivity (Wildman–Crippen MR) is 87.5 cm³/mol. The molecule has 0 rings (SSSR count). The summed E-state index contributed by atoms with van der Waals surface area (Å²) in [6.45, 7) is 5.19. The summed E-state index contributed by atoms with van der Waals surface area (Å²) < 4.78 is 9.07. The number of aliphatic carboxylic acids is 1. The molecule has 0 radical (unpaired) electrons. The van der Waals surface area contributed by atoms with Gasteiger partial charge in [-0.1, -0.05) is 19.8 Å². The molecule has 0 spiro atoms. The van der Waals surface area contributed by atoms with E-state index in [4.69, 9.17) is 15.3 Å². The summed E-state index contributed by atoms with van der Waals surface area (Å²) in [7, 11) is 0. The lowest BCUT2D eigenvalue weighted by Gasteiger charge is -2.22. The van der Waals surface area contributed by atoms with Crippen LogP contribution in [0.2, 0.25) is 0 Å². The SMILES string of the molecule is CCCCCC(O)O.CCOC(=O)CC(O)(CC(=O)O)C(=O)OCC. The number of carbonyl (C=O) groups excluding carboxylic acids is 2. The summed E-state index contributed by atoms with van der Waals surface area (Å²) in [4.78, 5) is 33.1. The summed E-state index contributed by atoms with van der Waals surface area (Å²) in [5.74, 6) is -3.41. The van der Waals surface area contributed by atoms with Crippen molar-refractivity contribution in [3.63, 3.8) is 0 Å². The molecule has 148 valence electrons. The van der Waals surface area contributed by atoms with Gasteiger partial charge in [0.2, 0.25) is 0 Å². The van der Waals surface area contributed by atoms with Gasteiger partial charge in [-0.3, -0.25) is 9.59 Å². The lowest BCUT2D eigenvalue weighted by molar-refractivity contribution is -0.176. The van der Waals surface area contributed by atoms with E-state index >= 15 is 0 Å². The van der Waals surface area contributed by atoms with Gasteiger partial charge in [0, 0.05) is 0 Å². The molecule has 0 aromatic carbocycles. The molecule has 25 heavy (non-hydrogen) atoms. The number of aliphatic hydroxyl groups excluding tert-OH is 1. The lowest BCUT2D eigenvalue weighted by atomic mass is 9.96. The Hall–Kier alpha value is -1.71. The van der Waals surface area contributed by atoms with E-state index in [0.29, 0.717) is 6.42 Å². The second-order valence-corrected chi connectivity index (χ2v) is 5.28. The normalized spacial score (nSPS) is 12.6. The predicted octanol–water partition coefficient (Wildman–Crippen LogP) is 0.586. The average Bonchev–Trinajstić information content (AvgIpc) is 2.47. The number of carboxylic acids is 1. The van der Waals surface area contributed by atoms with Crippen molar-refractivity contribution in [3.8, 4) is 0 Å². The first-order valence-corrected chi connectivity index (χ1v) is 8.26. The Kier molecular flexibility index (Phi) is 14.9. The van der Waals surface area contributed by atoms with Crippen LogP contribution in [-0.2, 0) is 23.9 Å². The Morgan fingerprint density at radius 2 is 1.52 bits per heavy atom. The number of carboxylic acid groups (broad SMARTS) is 1. The van der Waals surface area contributed by atoms with Crippen LogP contribution in [0.1, 0.15) is 59.3 Å². The van der Waals surface area contributed by atoms with E-state index in [0.717, 1.165) is 19.3 Å². The van der Waals surface area contributed by atoms with E-state index in [1.807, 2.05) is 0 Å². The van der Waals surface area contributed by atoms with Crippen molar-refractivity contribution in [2.45, 2.75) is 71.2 Å². The average molecular weight is 366 g/mol. The van der Waals surface area contributed by atoms with Gasteiger partial charge in [0.25, 0.3) is 0 Å². The Morgan fingerprint density at radius 1 is 0.960 bits per heavy atom. The number of ether oxygens (including phenoxy) is 2. The number of aliphatic hydroxyl groups is 3. The Labute approximate surface area is 147 Å². The van der Waals surface area contributed by atoms with Crippen molar-refractivity contribution in [1.82, 2.24) is 0 Å². The van der Waals surface area contributed by atoms with Gasteiger partial charge in [-0.25, -0.2) is 4.79 Å². The molecule has 0 heterocycles. The highest BCUT2D eigenvalue weighted by Gasteiger charge is 2.42. The largest absolute Gasteiger partial charge is 0.481 e. The maximum Gasteiger partial charge on any atom is 0.339 e. The molecule has 0 aliphatic heterocycles. The number of hydrogen-bond acceptors (Lipinski definition) is 8. The molecule has 0 saturated carbocycles. The van der Waals surface area contributed by atoms with Crippen LogP contribution in [0, 0.1) is 0 Å². The first-order chi connectivity index (χ1) is 11.6. The van der Waals surface area contributed by atoms with Crippen molar-refractivity contribution in [3.05, 3.63) is 0 Å². The lowest BCUT2D eigenvalue weighted by Crippen LogP contribution is -2.44. The van der Waals surface area contributed by atoms with Crippen LogP contribution in [0.15, 0.2) is 0 Å². The molecule has 0 amide bonds. The van der Waals surface area contributed by atoms with E-state index in [9.17, 15) is 19.5 Å². The van der Waals surface area contributed by atoms with E-state index in [1.54, 1.807) is 6.92 Å². The molecule has 0 fully saturated rings. The highest BCUT2D eigenvalue weighted by molar-refractivity contribution is 5.89. The molecule has 1 atom stereocenters. The van der Waals surface area contributed by atoms with Gasteiger partial charge in [0.1, 0.15) is 0 Å². The van der Waals surface area contributed by atoms with Crippen molar-refractivity contribution in [2.75, 3.05) is 13.2 Å². The first kappa shape index (κ1) is 25.5. The van der Waals surface area contributed by atoms with Crippen molar-refractivity contribution >= 4 is 17.9 Å². The summed E-state index contributed by atoms with van der Waals surface area (Å²) in [5.41, 5.74) is -2.38. The minimum absolute atomic E-state index is 0.0242.